The number of hydrogen-bond donors (Lipinski definition) is 2. The summed E-state index contributed by atoms with van der Waals surface area (Å²) in [6.45, 7) is 3.68. The zero-order chi connectivity index (χ0) is 11.2. The molecule has 2 aromatic rings. The second-order valence-electron chi connectivity index (χ2n) is 3.69. The average Bonchev–Trinajstić information content (AvgIpc) is 2.41. The van der Waals surface area contributed by atoms with Crippen LogP contribution in [0.5, 0.6) is 0 Å². The molecule has 15 heavy (non-hydrogen) atoms. The molecule has 0 saturated heterocycles. The number of carboxylic acid groups (broad SMARTS) is 1. The maximum absolute atomic E-state index is 11.0. The third kappa shape index (κ3) is 1.34. The molecular weight excluding hydrogens is 192 g/mol. The van der Waals surface area contributed by atoms with Gasteiger partial charge in [0.1, 0.15) is 5.69 Å². The smallest absolute Gasteiger partial charge is 0.353 e. The highest BCUT2D eigenvalue weighted by Crippen LogP contribution is 2.20. The van der Waals surface area contributed by atoms with Crippen molar-refractivity contribution in [3.63, 3.8) is 0 Å². The van der Waals surface area contributed by atoms with Gasteiger partial charge in [0.15, 0.2) is 0 Å². The van der Waals surface area contributed by atoms with Crippen molar-refractivity contribution in [1.82, 2.24) is 4.40 Å². The first kappa shape index (κ1) is 9.58. The van der Waals surface area contributed by atoms with Crippen molar-refractivity contribution in [2.24, 2.45) is 0 Å². The molecule has 0 spiro atoms. The van der Waals surface area contributed by atoms with Gasteiger partial charge in [0.05, 0.1) is 5.69 Å². The summed E-state index contributed by atoms with van der Waals surface area (Å²) in [5.41, 5.74) is 9.18. The number of anilines is 1. The van der Waals surface area contributed by atoms with Crippen molar-refractivity contribution in [3.05, 3.63) is 35.2 Å². The topological polar surface area (TPSA) is 67.7 Å². The van der Waals surface area contributed by atoms with Gasteiger partial charge in [-0.15, -0.1) is 0 Å². The van der Waals surface area contributed by atoms with Crippen molar-refractivity contribution in [2.45, 2.75) is 13.8 Å². The summed E-state index contributed by atoms with van der Waals surface area (Å²) in [5, 5.41) is 9.05. The average molecular weight is 204 g/mol. The zero-order valence-corrected chi connectivity index (χ0v) is 8.61. The molecule has 2 heterocycles. The molecule has 0 unspecified atom stereocenters. The number of nitrogen functional groups attached to an aromatic ring is 1. The Kier molecular flexibility index (Phi) is 1.93. The fourth-order valence-corrected chi connectivity index (χ4v) is 1.75. The monoisotopic (exact) mass is 204 g/mol. The molecule has 0 atom stereocenters. The molecule has 0 aliphatic rings. The van der Waals surface area contributed by atoms with E-state index in [-0.39, 0.29) is 5.69 Å². The highest BCUT2D eigenvalue weighted by atomic mass is 16.4. The summed E-state index contributed by atoms with van der Waals surface area (Å²) in [5.74, 6) is -0.934. The highest BCUT2D eigenvalue weighted by Gasteiger charge is 2.14. The molecule has 0 fully saturated rings. The van der Waals surface area contributed by atoms with E-state index in [2.05, 4.69) is 0 Å². The molecule has 0 aromatic carbocycles. The van der Waals surface area contributed by atoms with Crippen LogP contribution in [0, 0.1) is 13.8 Å². The van der Waals surface area contributed by atoms with Gasteiger partial charge in [-0.1, -0.05) is 0 Å². The summed E-state index contributed by atoms with van der Waals surface area (Å²) in [6.07, 6.45) is 1.65. The van der Waals surface area contributed by atoms with Crippen molar-refractivity contribution >= 4 is 17.2 Å². The molecule has 0 saturated carbocycles. The number of aromatic nitrogens is 1. The molecule has 0 aliphatic carbocycles. The molecule has 4 heteroatoms. The van der Waals surface area contributed by atoms with E-state index in [4.69, 9.17) is 10.8 Å². The Balaban J connectivity index is 2.87. The quantitative estimate of drug-likeness (QED) is 0.744. The maximum Gasteiger partial charge on any atom is 0.353 e. The van der Waals surface area contributed by atoms with Crippen molar-refractivity contribution in [2.75, 3.05) is 5.73 Å². The second-order valence-corrected chi connectivity index (χ2v) is 3.69. The molecule has 78 valence electrons. The maximum atomic E-state index is 11.0. The fraction of sp³-hybridized carbons (Fsp3) is 0.182. The Morgan fingerprint density at radius 3 is 2.53 bits per heavy atom. The van der Waals surface area contributed by atoms with Gasteiger partial charge in [-0.25, -0.2) is 4.79 Å². The van der Waals surface area contributed by atoms with E-state index in [0.717, 1.165) is 16.6 Å². The number of rotatable bonds is 1. The van der Waals surface area contributed by atoms with Gasteiger partial charge >= 0.3 is 5.97 Å². The molecule has 0 aliphatic heterocycles. The zero-order valence-electron chi connectivity index (χ0n) is 8.61. The second kappa shape index (κ2) is 3.02. The number of fused-ring (bicyclic) bond motifs is 1. The van der Waals surface area contributed by atoms with Crippen molar-refractivity contribution in [1.29, 1.82) is 0 Å². The lowest BCUT2D eigenvalue weighted by atomic mass is 10.2. The predicted molar refractivity (Wildman–Crippen MR) is 58.2 cm³/mol. The standard InChI is InChI=1S/C11H12N2O2/c1-6-3-8-4-7(2)10(11(14)15)13(8)5-9(6)12/h3-5H,12H2,1-2H3,(H,14,15). The van der Waals surface area contributed by atoms with Gasteiger partial charge in [0.25, 0.3) is 0 Å². The van der Waals surface area contributed by atoms with Gasteiger partial charge in [-0.05, 0) is 37.1 Å². The summed E-state index contributed by atoms with van der Waals surface area (Å²) < 4.78 is 1.61. The number of aryl methyl sites for hydroxylation is 2. The number of carboxylic acids is 1. The fourth-order valence-electron chi connectivity index (χ4n) is 1.75. The van der Waals surface area contributed by atoms with E-state index in [1.165, 1.54) is 0 Å². The summed E-state index contributed by atoms with van der Waals surface area (Å²) in [4.78, 5) is 11.0. The number of nitrogens with zero attached hydrogens (tertiary/aromatic N) is 1. The van der Waals surface area contributed by atoms with Crippen molar-refractivity contribution < 1.29 is 9.90 Å². The van der Waals surface area contributed by atoms with Crippen LogP contribution in [0.15, 0.2) is 18.3 Å². The minimum Gasteiger partial charge on any atom is -0.477 e. The molecule has 3 N–H and O–H groups in total. The molecule has 0 amide bonds. The van der Waals surface area contributed by atoms with Crippen LogP contribution in [0.3, 0.4) is 0 Å². The predicted octanol–water partition coefficient (Wildman–Crippen LogP) is 1.84. The lowest BCUT2D eigenvalue weighted by Crippen LogP contribution is -2.04. The van der Waals surface area contributed by atoms with E-state index in [1.807, 2.05) is 19.1 Å². The molecular formula is C11H12N2O2. The molecule has 2 rings (SSSR count). The van der Waals surface area contributed by atoms with Crippen molar-refractivity contribution in [3.8, 4) is 0 Å². The van der Waals surface area contributed by atoms with Crippen LogP contribution in [0.25, 0.3) is 5.52 Å². The highest BCUT2D eigenvalue weighted by molar-refractivity contribution is 5.90. The van der Waals surface area contributed by atoms with Crippen LogP contribution < -0.4 is 5.73 Å². The first-order chi connectivity index (χ1) is 7.00. The lowest BCUT2D eigenvalue weighted by molar-refractivity contribution is 0.0688. The summed E-state index contributed by atoms with van der Waals surface area (Å²) in [7, 11) is 0. The molecule has 2 aromatic heterocycles. The molecule has 4 nitrogen and oxygen atoms in total. The number of nitrogens with two attached hydrogens (primary N) is 1. The largest absolute Gasteiger partial charge is 0.477 e. The van der Waals surface area contributed by atoms with Crippen LogP contribution in [-0.2, 0) is 0 Å². The third-order valence-electron chi connectivity index (χ3n) is 2.55. The van der Waals surface area contributed by atoms with Crippen LogP contribution in [0.1, 0.15) is 21.6 Å². The number of carbonyl (C=O) groups is 1. The molecule has 0 bridgehead atoms. The Bertz CT molecular complexity index is 555. The van der Waals surface area contributed by atoms with Gasteiger partial charge in [0.2, 0.25) is 0 Å². The van der Waals surface area contributed by atoms with Gasteiger partial charge < -0.3 is 15.2 Å². The first-order valence-corrected chi connectivity index (χ1v) is 4.62. The normalized spacial score (nSPS) is 10.8. The number of aromatic carboxylic acids is 1. The van der Waals surface area contributed by atoms with E-state index < -0.39 is 5.97 Å². The lowest BCUT2D eigenvalue weighted by Gasteiger charge is -2.03. The minimum atomic E-state index is -0.934. The van der Waals surface area contributed by atoms with Gasteiger partial charge in [-0.2, -0.15) is 0 Å². The van der Waals surface area contributed by atoms with Crippen LogP contribution in [-0.4, -0.2) is 15.5 Å². The van der Waals surface area contributed by atoms with E-state index in [0.29, 0.717) is 5.69 Å². The Hall–Kier alpha value is -1.97. The summed E-state index contributed by atoms with van der Waals surface area (Å²) >= 11 is 0. The van der Waals surface area contributed by atoms with E-state index in [1.54, 1.807) is 17.5 Å². The van der Waals surface area contributed by atoms with Crippen LogP contribution >= 0.6 is 0 Å². The Labute approximate surface area is 86.9 Å². The first-order valence-electron chi connectivity index (χ1n) is 4.62. The van der Waals surface area contributed by atoms with Gasteiger partial charge in [-0.3, -0.25) is 0 Å². The number of hydrogen-bond acceptors (Lipinski definition) is 2. The minimum absolute atomic E-state index is 0.275. The van der Waals surface area contributed by atoms with Crippen LogP contribution in [0.4, 0.5) is 5.69 Å². The van der Waals surface area contributed by atoms with Crippen LogP contribution in [0.2, 0.25) is 0 Å². The SMILES string of the molecule is Cc1cc2cc(C)c(C(=O)O)n2cc1N. The van der Waals surface area contributed by atoms with E-state index >= 15 is 0 Å². The van der Waals surface area contributed by atoms with Gasteiger partial charge in [0, 0.05) is 11.7 Å². The third-order valence-corrected chi connectivity index (χ3v) is 2.55. The van der Waals surface area contributed by atoms with E-state index in [9.17, 15) is 4.79 Å². The Morgan fingerprint density at radius 1 is 1.33 bits per heavy atom. The molecule has 0 radical (unpaired) electrons. The number of pyridine rings is 1. The summed E-state index contributed by atoms with van der Waals surface area (Å²) in [6, 6.07) is 3.73. The Morgan fingerprint density at radius 2 is 1.93 bits per heavy atom.